The van der Waals surface area contributed by atoms with Gasteiger partial charge >= 0.3 is 5.97 Å². The van der Waals surface area contributed by atoms with E-state index in [1.54, 1.807) is 24.0 Å². The van der Waals surface area contributed by atoms with E-state index in [9.17, 15) is 4.79 Å². The maximum atomic E-state index is 10.5. The van der Waals surface area contributed by atoms with Crippen molar-refractivity contribution < 1.29 is 9.90 Å². The Hall–Kier alpha value is -1.96. The molecule has 0 fully saturated rings. The minimum Gasteiger partial charge on any atom is -0.481 e. The molecule has 0 aliphatic rings. The van der Waals surface area contributed by atoms with E-state index in [2.05, 4.69) is 20.2 Å². The molecule has 2 rings (SSSR count). The topological polar surface area (TPSA) is 93.8 Å². The van der Waals surface area contributed by atoms with Gasteiger partial charge in [-0.25, -0.2) is 9.97 Å². The summed E-state index contributed by atoms with van der Waals surface area (Å²) in [6.07, 6.45) is 4.69. The molecule has 7 nitrogen and oxygen atoms in total. The van der Waals surface area contributed by atoms with Gasteiger partial charge in [0.15, 0.2) is 11.0 Å². The summed E-state index contributed by atoms with van der Waals surface area (Å²) in [5.41, 5.74) is 0.740. The highest BCUT2D eigenvalue weighted by atomic mass is 32.2. The Kier molecular flexibility index (Phi) is 3.33. The fourth-order valence-corrected chi connectivity index (χ4v) is 1.86. The third-order valence-electron chi connectivity index (χ3n) is 1.98. The standard InChI is InChI=1S/C9H9N5O2S/c1-14-8(6-2-10-5-11-3-6)12-13-9(14)17-4-7(15)16/h2-3,5H,4H2,1H3,(H,15,16). The first-order valence-electron chi connectivity index (χ1n) is 4.68. The molecule has 0 saturated heterocycles. The van der Waals surface area contributed by atoms with E-state index in [0.29, 0.717) is 11.0 Å². The number of carbonyl (C=O) groups is 1. The van der Waals surface area contributed by atoms with E-state index in [-0.39, 0.29) is 5.75 Å². The molecule has 0 aliphatic heterocycles. The summed E-state index contributed by atoms with van der Waals surface area (Å²) < 4.78 is 1.71. The zero-order chi connectivity index (χ0) is 12.3. The average molecular weight is 251 g/mol. The number of rotatable bonds is 4. The van der Waals surface area contributed by atoms with E-state index in [0.717, 1.165) is 17.3 Å². The highest BCUT2D eigenvalue weighted by molar-refractivity contribution is 7.99. The Morgan fingerprint density at radius 2 is 2.12 bits per heavy atom. The second-order valence-electron chi connectivity index (χ2n) is 3.17. The minimum atomic E-state index is -0.886. The molecule has 0 unspecified atom stereocenters. The SMILES string of the molecule is Cn1c(SCC(=O)O)nnc1-c1cncnc1. The molecular formula is C9H9N5O2S. The Balaban J connectivity index is 2.24. The van der Waals surface area contributed by atoms with Crippen molar-refractivity contribution in [3.05, 3.63) is 18.7 Å². The Morgan fingerprint density at radius 3 is 2.76 bits per heavy atom. The van der Waals surface area contributed by atoms with Crippen LogP contribution in [0.4, 0.5) is 0 Å². The van der Waals surface area contributed by atoms with Crippen LogP contribution in [-0.4, -0.2) is 41.6 Å². The second-order valence-corrected chi connectivity index (χ2v) is 4.12. The molecule has 88 valence electrons. The molecule has 1 N–H and O–H groups in total. The molecule has 2 aromatic rings. The first kappa shape index (κ1) is 11.5. The van der Waals surface area contributed by atoms with Crippen LogP contribution >= 0.6 is 11.8 Å². The lowest BCUT2D eigenvalue weighted by Crippen LogP contribution is -2.01. The van der Waals surface area contributed by atoms with Crippen LogP contribution in [0.3, 0.4) is 0 Å². The van der Waals surface area contributed by atoms with Gasteiger partial charge in [0, 0.05) is 19.4 Å². The van der Waals surface area contributed by atoms with E-state index in [4.69, 9.17) is 5.11 Å². The Morgan fingerprint density at radius 1 is 1.41 bits per heavy atom. The van der Waals surface area contributed by atoms with Crippen LogP contribution in [0.2, 0.25) is 0 Å². The fraction of sp³-hybridized carbons (Fsp3) is 0.222. The predicted molar refractivity (Wildman–Crippen MR) is 60.4 cm³/mol. The highest BCUT2D eigenvalue weighted by Gasteiger charge is 2.12. The van der Waals surface area contributed by atoms with Crippen molar-refractivity contribution >= 4 is 17.7 Å². The van der Waals surface area contributed by atoms with Gasteiger partial charge in [-0.15, -0.1) is 10.2 Å². The van der Waals surface area contributed by atoms with Gasteiger partial charge in [0.25, 0.3) is 0 Å². The number of carboxylic acids is 1. The lowest BCUT2D eigenvalue weighted by Gasteiger charge is -2.01. The normalized spacial score (nSPS) is 10.4. The summed E-state index contributed by atoms with van der Waals surface area (Å²) in [6, 6.07) is 0. The van der Waals surface area contributed by atoms with E-state index in [1.165, 1.54) is 6.33 Å². The molecule has 0 saturated carbocycles. The summed E-state index contributed by atoms with van der Waals surface area (Å²) in [6.45, 7) is 0. The average Bonchev–Trinajstić information content (AvgIpc) is 2.69. The van der Waals surface area contributed by atoms with Crippen LogP contribution in [0.5, 0.6) is 0 Å². The van der Waals surface area contributed by atoms with Gasteiger partial charge in [0.05, 0.1) is 11.3 Å². The molecule has 2 aromatic heterocycles. The van der Waals surface area contributed by atoms with Crippen molar-refractivity contribution in [2.75, 3.05) is 5.75 Å². The second kappa shape index (κ2) is 4.91. The maximum Gasteiger partial charge on any atom is 0.313 e. The van der Waals surface area contributed by atoms with Crippen molar-refractivity contribution in [2.24, 2.45) is 7.05 Å². The Labute approximate surface area is 101 Å². The molecule has 2 heterocycles. The molecule has 17 heavy (non-hydrogen) atoms. The smallest absolute Gasteiger partial charge is 0.313 e. The maximum absolute atomic E-state index is 10.5. The number of aromatic nitrogens is 5. The van der Waals surface area contributed by atoms with Gasteiger partial charge < -0.3 is 9.67 Å². The van der Waals surface area contributed by atoms with Crippen LogP contribution < -0.4 is 0 Å². The van der Waals surface area contributed by atoms with Gasteiger partial charge in [-0.2, -0.15) is 0 Å². The molecule has 0 aromatic carbocycles. The van der Waals surface area contributed by atoms with Crippen LogP contribution in [0.25, 0.3) is 11.4 Å². The molecular weight excluding hydrogens is 242 g/mol. The zero-order valence-electron chi connectivity index (χ0n) is 8.94. The largest absolute Gasteiger partial charge is 0.481 e. The monoisotopic (exact) mass is 251 g/mol. The summed E-state index contributed by atoms with van der Waals surface area (Å²) in [5, 5.41) is 17.0. The molecule has 0 aliphatic carbocycles. The van der Waals surface area contributed by atoms with Crippen LogP contribution in [0.15, 0.2) is 23.9 Å². The first-order valence-corrected chi connectivity index (χ1v) is 5.66. The van der Waals surface area contributed by atoms with Crippen molar-refractivity contribution in [3.8, 4) is 11.4 Å². The van der Waals surface area contributed by atoms with E-state index < -0.39 is 5.97 Å². The quantitative estimate of drug-likeness (QED) is 0.788. The minimum absolute atomic E-state index is 0.0444. The van der Waals surface area contributed by atoms with E-state index >= 15 is 0 Å². The summed E-state index contributed by atoms with van der Waals surface area (Å²) in [4.78, 5) is 18.2. The number of carboxylic acid groups (broad SMARTS) is 1. The lowest BCUT2D eigenvalue weighted by molar-refractivity contribution is -0.133. The summed E-state index contributed by atoms with van der Waals surface area (Å²) in [7, 11) is 1.77. The van der Waals surface area contributed by atoms with Crippen molar-refractivity contribution in [2.45, 2.75) is 5.16 Å². The van der Waals surface area contributed by atoms with Gasteiger partial charge in [-0.3, -0.25) is 4.79 Å². The van der Waals surface area contributed by atoms with E-state index in [1.807, 2.05) is 0 Å². The number of hydrogen-bond donors (Lipinski definition) is 1. The molecule has 0 radical (unpaired) electrons. The fourth-order valence-electron chi connectivity index (χ4n) is 1.23. The van der Waals surface area contributed by atoms with Crippen molar-refractivity contribution in [1.29, 1.82) is 0 Å². The molecule has 8 heteroatoms. The van der Waals surface area contributed by atoms with Crippen molar-refractivity contribution in [3.63, 3.8) is 0 Å². The Bertz CT molecular complexity index is 527. The van der Waals surface area contributed by atoms with Crippen LogP contribution in [-0.2, 0) is 11.8 Å². The number of hydrogen-bond acceptors (Lipinski definition) is 6. The van der Waals surface area contributed by atoms with Gasteiger partial charge in [-0.1, -0.05) is 11.8 Å². The third kappa shape index (κ3) is 2.59. The summed E-state index contributed by atoms with van der Waals surface area (Å²) in [5.74, 6) is -0.321. The molecule has 0 spiro atoms. The number of thioether (sulfide) groups is 1. The number of nitrogens with zero attached hydrogens (tertiary/aromatic N) is 5. The van der Waals surface area contributed by atoms with Gasteiger partial charge in [0.1, 0.15) is 6.33 Å². The lowest BCUT2D eigenvalue weighted by atomic mass is 10.3. The highest BCUT2D eigenvalue weighted by Crippen LogP contribution is 2.20. The van der Waals surface area contributed by atoms with Crippen LogP contribution in [0.1, 0.15) is 0 Å². The summed E-state index contributed by atoms with van der Waals surface area (Å²) >= 11 is 1.12. The van der Waals surface area contributed by atoms with Crippen LogP contribution in [0, 0.1) is 0 Å². The van der Waals surface area contributed by atoms with Gasteiger partial charge in [-0.05, 0) is 0 Å². The molecule has 0 bridgehead atoms. The molecule has 0 amide bonds. The van der Waals surface area contributed by atoms with Crippen molar-refractivity contribution in [1.82, 2.24) is 24.7 Å². The number of aliphatic carboxylic acids is 1. The molecule has 0 atom stereocenters. The third-order valence-corrected chi connectivity index (χ3v) is 2.98. The predicted octanol–water partition coefficient (Wildman–Crippen LogP) is 0.449. The van der Waals surface area contributed by atoms with Gasteiger partial charge in [0.2, 0.25) is 0 Å². The first-order chi connectivity index (χ1) is 8.18. The zero-order valence-corrected chi connectivity index (χ0v) is 9.76.